The molecule has 1 aliphatic rings. The molecule has 1 aliphatic heterocycles. The minimum absolute atomic E-state index is 0.666. The molecule has 0 unspecified atom stereocenters. The van der Waals surface area contributed by atoms with Gasteiger partial charge in [0.2, 0.25) is 0 Å². The van der Waals surface area contributed by atoms with E-state index in [1.807, 2.05) is 48.7 Å². The number of piperidine rings is 1. The van der Waals surface area contributed by atoms with Gasteiger partial charge in [-0.1, -0.05) is 29.8 Å². The largest absolute Gasteiger partial charge is 0.492 e. The third kappa shape index (κ3) is 5.39. The van der Waals surface area contributed by atoms with Crippen molar-refractivity contribution in [2.45, 2.75) is 18.9 Å². The molecule has 1 N–H and O–H groups in total. The molecule has 30 heavy (non-hydrogen) atoms. The minimum atomic E-state index is 0.666. The van der Waals surface area contributed by atoms with Crippen LogP contribution in [0.1, 0.15) is 12.8 Å². The van der Waals surface area contributed by atoms with Gasteiger partial charge in [-0.2, -0.15) is 0 Å². The molecule has 4 rings (SSSR count). The second kappa shape index (κ2) is 10.1. The molecule has 2 heterocycles. The summed E-state index contributed by atoms with van der Waals surface area (Å²) in [4.78, 5) is 7.05. The Morgan fingerprint density at radius 2 is 1.60 bits per heavy atom. The van der Waals surface area contributed by atoms with Gasteiger partial charge in [0, 0.05) is 34.9 Å². The number of aromatic nitrogens is 1. The Bertz CT molecular complexity index is 920. The summed E-state index contributed by atoms with van der Waals surface area (Å²) in [6.45, 7) is 3.88. The van der Waals surface area contributed by atoms with Crippen molar-refractivity contribution in [3.8, 4) is 28.1 Å². The average Bonchev–Trinajstić information content (AvgIpc) is 2.81. The van der Waals surface area contributed by atoms with Crippen LogP contribution in [-0.2, 0) is 0 Å². The molecule has 0 bridgehead atoms. The van der Waals surface area contributed by atoms with Crippen molar-refractivity contribution >= 4 is 11.6 Å². The van der Waals surface area contributed by atoms with Gasteiger partial charge in [-0.15, -0.1) is 0 Å². The van der Waals surface area contributed by atoms with Gasteiger partial charge in [0.15, 0.2) is 0 Å². The number of halogens is 1. The molecule has 0 aliphatic carbocycles. The summed E-state index contributed by atoms with van der Waals surface area (Å²) in [5.74, 6) is 0.898. The van der Waals surface area contributed by atoms with E-state index in [9.17, 15) is 0 Å². The lowest BCUT2D eigenvalue weighted by atomic mass is 10.1. The number of hydrogen-bond acceptors (Lipinski definition) is 4. The van der Waals surface area contributed by atoms with Crippen molar-refractivity contribution in [1.82, 2.24) is 15.2 Å². The Balaban J connectivity index is 1.31. The predicted molar refractivity (Wildman–Crippen MR) is 124 cm³/mol. The molecule has 0 spiro atoms. The van der Waals surface area contributed by atoms with E-state index in [4.69, 9.17) is 16.3 Å². The van der Waals surface area contributed by atoms with Gasteiger partial charge in [-0.05, 0) is 81.0 Å². The first-order chi connectivity index (χ1) is 14.7. The van der Waals surface area contributed by atoms with Gasteiger partial charge in [0.1, 0.15) is 12.4 Å². The molecule has 0 amide bonds. The van der Waals surface area contributed by atoms with E-state index in [0.29, 0.717) is 12.6 Å². The van der Waals surface area contributed by atoms with Crippen molar-refractivity contribution in [3.63, 3.8) is 0 Å². The molecule has 5 heteroatoms. The maximum atomic E-state index is 5.97. The van der Waals surface area contributed by atoms with Crippen LogP contribution >= 0.6 is 11.6 Å². The van der Waals surface area contributed by atoms with Crippen LogP contribution < -0.4 is 10.1 Å². The van der Waals surface area contributed by atoms with Gasteiger partial charge in [-0.25, -0.2) is 0 Å². The second-order valence-corrected chi connectivity index (χ2v) is 8.21. The molecular formula is C25H28ClN3O. The third-order valence-electron chi connectivity index (χ3n) is 5.74. The fourth-order valence-electron chi connectivity index (χ4n) is 3.84. The monoisotopic (exact) mass is 421 g/mol. The number of benzene rings is 2. The first-order valence-corrected chi connectivity index (χ1v) is 10.9. The van der Waals surface area contributed by atoms with Crippen molar-refractivity contribution in [2.24, 2.45) is 0 Å². The van der Waals surface area contributed by atoms with Crippen LogP contribution in [0.3, 0.4) is 0 Å². The minimum Gasteiger partial charge on any atom is -0.492 e. The van der Waals surface area contributed by atoms with Crippen LogP contribution in [-0.4, -0.2) is 49.2 Å². The summed E-state index contributed by atoms with van der Waals surface area (Å²) in [5.41, 5.74) is 4.21. The van der Waals surface area contributed by atoms with E-state index < -0.39 is 0 Å². The van der Waals surface area contributed by atoms with Crippen LogP contribution in [0.15, 0.2) is 66.9 Å². The van der Waals surface area contributed by atoms with Crippen molar-refractivity contribution in [2.75, 3.05) is 33.3 Å². The molecule has 4 nitrogen and oxygen atoms in total. The number of hydrogen-bond donors (Lipinski definition) is 1. The van der Waals surface area contributed by atoms with E-state index in [-0.39, 0.29) is 0 Å². The maximum Gasteiger partial charge on any atom is 0.119 e. The van der Waals surface area contributed by atoms with E-state index >= 15 is 0 Å². The van der Waals surface area contributed by atoms with Crippen LogP contribution in [0.5, 0.6) is 5.75 Å². The van der Waals surface area contributed by atoms with Gasteiger partial charge in [-0.3, -0.25) is 9.88 Å². The Morgan fingerprint density at radius 3 is 2.27 bits per heavy atom. The number of nitrogens with one attached hydrogen (secondary N) is 1. The highest BCUT2D eigenvalue weighted by molar-refractivity contribution is 6.30. The molecule has 0 radical (unpaired) electrons. The van der Waals surface area contributed by atoms with Gasteiger partial charge in [0.05, 0.1) is 5.69 Å². The Labute approximate surface area is 183 Å². The standard InChI is InChI=1S/C25H28ClN3O/c1-29(23-12-14-27-15-13-23)16-17-30-24-9-4-20(5-10-24)25-11-6-21(18-28-25)19-2-7-22(26)8-3-19/h2-11,18,23,27H,12-17H2,1H3. The van der Waals surface area contributed by atoms with E-state index in [1.54, 1.807) is 0 Å². The molecule has 156 valence electrons. The normalized spacial score (nSPS) is 14.8. The summed E-state index contributed by atoms with van der Waals surface area (Å²) in [5, 5.41) is 4.16. The highest BCUT2D eigenvalue weighted by Gasteiger charge is 2.17. The predicted octanol–water partition coefficient (Wildman–Crippen LogP) is 5.13. The Morgan fingerprint density at radius 1 is 0.933 bits per heavy atom. The molecule has 2 aromatic carbocycles. The summed E-state index contributed by atoms with van der Waals surface area (Å²) in [7, 11) is 2.20. The summed E-state index contributed by atoms with van der Waals surface area (Å²) in [6.07, 6.45) is 4.34. The topological polar surface area (TPSA) is 37.4 Å². The molecule has 1 fully saturated rings. The molecule has 0 atom stereocenters. The summed E-state index contributed by atoms with van der Waals surface area (Å²) < 4.78 is 5.96. The fourth-order valence-corrected chi connectivity index (χ4v) is 3.96. The zero-order chi connectivity index (χ0) is 20.8. The SMILES string of the molecule is CN(CCOc1ccc(-c2ccc(-c3ccc(Cl)cc3)cn2)cc1)C1CCNCC1. The Kier molecular flexibility index (Phi) is 7.00. The van der Waals surface area contributed by atoms with Crippen molar-refractivity contribution < 1.29 is 4.74 Å². The summed E-state index contributed by atoms with van der Waals surface area (Å²) >= 11 is 5.97. The number of pyridine rings is 1. The van der Waals surface area contributed by atoms with Crippen molar-refractivity contribution in [3.05, 3.63) is 71.9 Å². The highest BCUT2D eigenvalue weighted by Crippen LogP contribution is 2.25. The van der Waals surface area contributed by atoms with E-state index in [0.717, 1.165) is 52.8 Å². The van der Waals surface area contributed by atoms with Gasteiger partial charge < -0.3 is 10.1 Å². The van der Waals surface area contributed by atoms with Crippen LogP contribution in [0, 0.1) is 0 Å². The number of rotatable bonds is 7. The van der Waals surface area contributed by atoms with Crippen LogP contribution in [0.2, 0.25) is 5.02 Å². The number of nitrogens with zero attached hydrogens (tertiary/aromatic N) is 2. The van der Waals surface area contributed by atoms with E-state index in [2.05, 4.69) is 40.4 Å². The number of likely N-dealkylation sites (N-methyl/N-ethyl adjacent to an activating group) is 1. The molecular weight excluding hydrogens is 394 g/mol. The molecule has 1 aromatic heterocycles. The van der Waals surface area contributed by atoms with E-state index in [1.165, 1.54) is 12.8 Å². The van der Waals surface area contributed by atoms with Crippen molar-refractivity contribution in [1.29, 1.82) is 0 Å². The molecule has 1 saturated heterocycles. The second-order valence-electron chi connectivity index (χ2n) is 7.77. The first kappa shape index (κ1) is 20.9. The smallest absolute Gasteiger partial charge is 0.119 e. The molecule has 3 aromatic rings. The van der Waals surface area contributed by atoms with Crippen LogP contribution in [0.25, 0.3) is 22.4 Å². The zero-order valence-corrected chi connectivity index (χ0v) is 18.1. The van der Waals surface area contributed by atoms with Gasteiger partial charge >= 0.3 is 0 Å². The van der Waals surface area contributed by atoms with Gasteiger partial charge in [0.25, 0.3) is 0 Å². The third-order valence-corrected chi connectivity index (χ3v) is 5.99. The lowest BCUT2D eigenvalue weighted by Gasteiger charge is -2.31. The zero-order valence-electron chi connectivity index (χ0n) is 17.4. The summed E-state index contributed by atoms with van der Waals surface area (Å²) in [6, 6.07) is 20.8. The number of ether oxygens (including phenoxy) is 1. The lowest BCUT2D eigenvalue weighted by Crippen LogP contribution is -2.42. The highest BCUT2D eigenvalue weighted by atomic mass is 35.5. The quantitative estimate of drug-likeness (QED) is 0.573. The average molecular weight is 422 g/mol. The fraction of sp³-hybridized carbons (Fsp3) is 0.320. The maximum absolute atomic E-state index is 5.97. The molecule has 0 saturated carbocycles. The lowest BCUT2D eigenvalue weighted by molar-refractivity contribution is 0.165. The Hall–Kier alpha value is -2.40. The van der Waals surface area contributed by atoms with Crippen LogP contribution in [0.4, 0.5) is 0 Å². The first-order valence-electron chi connectivity index (χ1n) is 10.6.